The highest BCUT2D eigenvalue weighted by Crippen LogP contribution is 2.27. The molecular weight excluding hydrogens is 397 g/mol. The van der Waals surface area contributed by atoms with Gasteiger partial charge >= 0.3 is 0 Å². The molecular formula is C18H16Cl3N3S. The van der Waals surface area contributed by atoms with E-state index in [4.69, 9.17) is 34.8 Å². The van der Waals surface area contributed by atoms with E-state index in [2.05, 4.69) is 21.7 Å². The SMILES string of the molecule is CCn1c(Cc2ccc(Cl)cc2)nnc1SCc1ccc(Cl)c(Cl)c1. The van der Waals surface area contributed by atoms with E-state index in [9.17, 15) is 0 Å². The number of benzene rings is 2. The topological polar surface area (TPSA) is 30.7 Å². The minimum atomic E-state index is 0.567. The van der Waals surface area contributed by atoms with Gasteiger partial charge in [0.25, 0.3) is 0 Å². The van der Waals surface area contributed by atoms with E-state index in [1.807, 2.05) is 42.5 Å². The van der Waals surface area contributed by atoms with E-state index in [-0.39, 0.29) is 0 Å². The lowest BCUT2D eigenvalue weighted by atomic mass is 10.1. The van der Waals surface area contributed by atoms with Gasteiger partial charge in [-0.05, 0) is 42.3 Å². The molecule has 0 aliphatic carbocycles. The molecule has 0 N–H and O–H groups in total. The van der Waals surface area contributed by atoms with Crippen molar-refractivity contribution in [1.29, 1.82) is 0 Å². The summed E-state index contributed by atoms with van der Waals surface area (Å²) >= 11 is 19.6. The number of nitrogens with zero attached hydrogens (tertiary/aromatic N) is 3. The molecule has 0 aliphatic rings. The van der Waals surface area contributed by atoms with Gasteiger partial charge in [-0.2, -0.15) is 0 Å². The molecule has 130 valence electrons. The zero-order valence-corrected chi connectivity index (χ0v) is 16.6. The highest BCUT2D eigenvalue weighted by molar-refractivity contribution is 7.98. The summed E-state index contributed by atoms with van der Waals surface area (Å²) in [7, 11) is 0. The van der Waals surface area contributed by atoms with Gasteiger partial charge in [-0.25, -0.2) is 0 Å². The largest absolute Gasteiger partial charge is 0.306 e. The highest BCUT2D eigenvalue weighted by Gasteiger charge is 2.12. The molecule has 0 spiro atoms. The molecule has 1 aromatic heterocycles. The van der Waals surface area contributed by atoms with Crippen LogP contribution in [0.2, 0.25) is 15.1 Å². The van der Waals surface area contributed by atoms with E-state index < -0.39 is 0 Å². The summed E-state index contributed by atoms with van der Waals surface area (Å²) < 4.78 is 2.14. The molecule has 1 heterocycles. The molecule has 0 unspecified atom stereocenters. The number of rotatable bonds is 6. The second kappa shape index (κ2) is 8.45. The predicted molar refractivity (Wildman–Crippen MR) is 106 cm³/mol. The van der Waals surface area contributed by atoms with Crippen molar-refractivity contribution in [2.75, 3.05) is 0 Å². The summed E-state index contributed by atoms with van der Waals surface area (Å²) in [6.45, 7) is 2.91. The van der Waals surface area contributed by atoms with Crippen molar-refractivity contribution in [2.45, 2.75) is 30.8 Å². The van der Waals surface area contributed by atoms with Gasteiger partial charge in [0.2, 0.25) is 0 Å². The Bertz CT molecular complexity index is 863. The Hall–Kier alpha value is -1.20. The van der Waals surface area contributed by atoms with Crippen molar-refractivity contribution in [2.24, 2.45) is 0 Å². The second-order valence-electron chi connectivity index (χ2n) is 5.48. The highest BCUT2D eigenvalue weighted by atomic mass is 35.5. The predicted octanol–water partition coefficient (Wildman–Crippen LogP) is 6.14. The first-order valence-electron chi connectivity index (χ1n) is 7.80. The van der Waals surface area contributed by atoms with Gasteiger partial charge in [0.15, 0.2) is 5.16 Å². The van der Waals surface area contributed by atoms with Gasteiger partial charge in [0, 0.05) is 23.7 Å². The van der Waals surface area contributed by atoms with Crippen molar-refractivity contribution < 1.29 is 0 Å². The van der Waals surface area contributed by atoms with Crippen LogP contribution in [0.3, 0.4) is 0 Å². The third-order valence-electron chi connectivity index (χ3n) is 3.74. The Morgan fingerprint density at radius 1 is 0.920 bits per heavy atom. The molecule has 0 aliphatic heterocycles. The van der Waals surface area contributed by atoms with Crippen LogP contribution in [-0.2, 0) is 18.7 Å². The summed E-state index contributed by atoms with van der Waals surface area (Å²) in [5.41, 5.74) is 2.26. The Morgan fingerprint density at radius 3 is 2.32 bits per heavy atom. The van der Waals surface area contributed by atoms with E-state index in [1.165, 1.54) is 0 Å². The molecule has 0 radical (unpaired) electrons. The molecule has 2 aromatic carbocycles. The Balaban J connectivity index is 1.72. The van der Waals surface area contributed by atoms with Crippen LogP contribution in [0.25, 0.3) is 0 Å². The number of halogens is 3. The molecule has 0 saturated heterocycles. The van der Waals surface area contributed by atoms with Crippen LogP contribution in [0.4, 0.5) is 0 Å². The summed E-state index contributed by atoms with van der Waals surface area (Å²) in [6.07, 6.45) is 0.728. The van der Waals surface area contributed by atoms with Crippen LogP contribution < -0.4 is 0 Å². The maximum atomic E-state index is 6.08. The lowest BCUT2D eigenvalue weighted by Gasteiger charge is -2.08. The van der Waals surface area contributed by atoms with Crippen LogP contribution in [0.1, 0.15) is 23.9 Å². The zero-order chi connectivity index (χ0) is 17.8. The molecule has 0 saturated carbocycles. The summed E-state index contributed by atoms with van der Waals surface area (Å²) in [5.74, 6) is 1.71. The Morgan fingerprint density at radius 2 is 1.64 bits per heavy atom. The van der Waals surface area contributed by atoms with Crippen LogP contribution in [0.15, 0.2) is 47.6 Å². The van der Waals surface area contributed by atoms with Crippen LogP contribution in [0, 0.1) is 0 Å². The fourth-order valence-electron chi connectivity index (χ4n) is 2.44. The maximum absolute atomic E-state index is 6.08. The van der Waals surface area contributed by atoms with Gasteiger partial charge in [0.1, 0.15) is 5.82 Å². The van der Waals surface area contributed by atoms with E-state index in [0.29, 0.717) is 10.0 Å². The molecule has 0 amide bonds. The van der Waals surface area contributed by atoms with Crippen LogP contribution >= 0.6 is 46.6 Å². The van der Waals surface area contributed by atoms with Gasteiger partial charge < -0.3 is 4.57 Å². The molecule has 0 fully saturated rings. The minimum absolute atomic E-state index is 0.567. The fourth-order valence-corrected chi connectivity index (χ4v) is 3.85. The standard InChI is InChI=1S/C18H16Cl3N3S/c1-2-24-17(10-12-3-6-14(19)7-4-12)22-23-18(24)25-11-13-5-8-15(20)16(21)9-13/h3-9H,2,10-11H2,1H3. The van der Waals surface area contributed by atoms with E-state index in [1.54, 1.807) is 11.8 Å². The van der Waals surface area contributed by atoms with E-state index in [0.717, 1.165) is 45.8 Å². The maximum Gasteiger partial charge on any atom is 0.191 e. The first kappa shape index (κ1) is 18.6. The molecule has 7 heteroatoms. The normalized spacial score (nSPS) is 11.0. The van der Waals surface area contributed by atoms with Gasteiger partial charge in [-0.3, -0.25) is 0 Å². The summed E-state index contributed by atoms with van der Waals surface area (Å²) in [4.78, 5) is 0. The molecule has 3 aromatic rings. The fraction of sp³-hybridized carbons (Fsp3) is 0.222. The second-order valence-corrected chi connectivity index (χ2v) is 7.68. The van der Waals surface area contributed by atoms with Crippen LogP contribution in [-0.4, -0.2) is 14.8 Å². The molecule has 3 rings (SSSR count). The van der Waals surface area contributed by atoms with Gasteiger partial charge in [-0.15, -0.1) is 10.2 Å². The molecule has 3 nitrogen and oxygen atoms in total. The number of aromatic nitrogens is 3. The summed E-state index contributed by atoms with van der Waals surface area (Å²) in [6, 6.07) is 13.5. The Labute approximate surface area is 166 Å². The average Bonchev–Trinajstić information content (AvgIpc) is 2.99. The third kappa shape index (κ3) is 4.70. The van der Waals surface area contributed by atoms with Crippen molar-refractivity contribution in [1.82, 2.24) is 14.8 Å². The third-order valence-corrected chi connectivity index (χ3v) is 5.77. The van der Waals surface area contributed by atoms with Crippen molar-refractivity contribution in [3.63, 3.8) is 0 Å². The molecule has 25 heavy (non-hydrogen) atoms. The lowest BCUT2D eigenvalue weighted by molar-refractivity contribution is 0.651. The molecule has 0 atom stereocenters. The van der Waals surface area contributed by atoms with Crippen molar-refractivity contribution >= 4 is 46.6 Å². The molecule has 0 bridgehead atoms. The summed E-state index contributed by atoms with van der Waals surface area (Å²) in [5, 5.41) is 11.5. The smallest absolute Gasteiger partial charge is 0.191 e. The van der Waals surface area contributed by atoms with Crippen molar-refractivity contribution in [3.8, 4) is 0 Å². The van der Waals surface area contributed by atoms with Crippen molar-refractivity contribution in [3.05, 3.63) is 74.5 Å². The number of thioether (sulfide) groups is 1. The van der Waals surface area contributed by atoms with Gasteiger partial charge in [0.05, 0.1) is 10.0 Å². The lowest BCUT2D eigenvalue weighted by Crippen LogP contribution is -2.04. The van der Waals surface area contributed by atoms with E-state index >= 15 is 0 Å². The van der Waals surface area contributed by atoms with Crippen LogP contribution in [0.5, 0.6) is 0 Å². The first-order valence-corrected chi connectivity index (χ1v) is 9.92. The minimum Gasteiger partial charge on any atom is -0.306 e. The first-order chi connectivity index (χ1) is 12.1. The number of hydrogen-bond donors (Lipinski definition) is 0. The average molecular weight is 413 g/mol. The zero-order valence-electron chi connectivity index (χ0n) is 13.5. The number of hydrogen-bond acceptors (Lipinski definition) is 3. The quantitative estimate of drug-likeness (QED) is 0.455. The monoisotopic (exact) mass is 411 g/mol. The van der Waals surface area contributed by atoms with Gasteiger partial charge in [-0.1, -0.05) is 64.8 Å². The Kier molecular flexibility index (Phi) is 6.29.